The van der Waals surface area contributed by atoms with Crippen LogP contribution in [0, 0.1) is 11.8 Å². The van der Waals surface area contributed by atoms with Gasteiger partial charge in [-0.05, 0) is 43.2 Å². The molecule has 1 N–H and O–H groups in total. The van der Waals surface area contributed by atoms with Gasteiger partial charge in [-0.15, -0.1) is 0 Å². The third-order valence-corrected chi connectivity index (χ3v) is 5.51. The SMILES string of the molecule is O=C(NCCc1cccnc1)[C@H]1CCC(=O)N(CC2CCCCC2)C1. The van der Waals surface area contributed by atoms with Crippen LogP contribution in [-0.4, -0.2) is 41.3 Å². The Balaban J connectivity index is 1.44. The molecule has 5 nitrogen and oxygen atoms in total. The molecule has 1 aliphatic carbocycles. The van der Waals surface area contributed by atoms with Crippen molar-refractivity contribution >= 4 is 11.8 Å². The van der Waals surface area contributed by atoms with Crippen molar-refractivity contribution in [3.05, 3.63) is 30.1 Å². The van der Waals surface area contributed by atoms with E-state index in [0.29, 0.717) is 31.8 Å². The van der Waals surface area contributed by atoms with Gasteiger partial charge in [-0.1, -0.05) is 25.3 Å². The van der Waals surface area contributed by atoms with Gasteiger partial charge in [0.15, 0.2) is 0 Å². The van der Waals surface area contributed by atoms with Crippen LogP contribution in [0.4, 0.5) is 0 Å². The largest absolute Gasteiger partial charge is 0.355 e. The van der Waals surface area contributed by atoms with Crippen molar-refractivity contribution in [3.8, 4) is 0 Å². The molecule has 1 saturated carbocycles. The number of carbonyl (C=O) groups excluding carboxylic acids is 2. The van der Waals surface area contributed by atoms with E-state index in [1.807, 2.05) is 23.2 Å². The maximum absolute atomic E-state index is 12.5. The molecule has 3 rings (SSSR count). The van der Waals surface area contributed by atoms with Gasteiger partial charge in [0.05, 0.1) is 5.92 Å². The van der Waals surface area contributed by atoms with E-state index in [2.05, 4.69) is 10.3 Å². The molecule has 2 amide bonds. The van der Waals surface area contributed by atoms with Gasteiger partial charge in [-0.2, -0.15) is 0 Å². The first-order chi connectivity index (χ1) is 12.2. The predicted molar refractivity (Wildman–Crippen MR) is 96.8 cm³/mol. The van der Waals surface area contributed by atoms with Crippen molar-refractivity contribution in [2.45, 2.75) is 51.4 Å². The molecule has 0 unspecified atom stereocenters. The molecule has 2 fully saturated rings. The summed E-state index contributed by atoms with van der Waals surface area (Å²) in [7, 11) is 0. The average Bonchev–Trinajstić information content (AvgIpc) is 2.65. The number of aromatic nitrogens is 1. The number of pyridine rings is 1. The van der Waals surface area contributed by atoms with Gasteiger partial charge in [-0.25, -0.2) is 0 Å². The zero-order chi connectivity index (χ0) is 17.5. The highest BCUT2D eigenvalue weighted by Crippen LogP contribution is 2.27. The van der Waals surface area contributed by atoms with Crippen LogP contribution in [0.25, 0.3) is 0 Å². The topological polar surface area (TPSA) is 62.3 Å². The summed E-state index contributed by atoms with van der Waals surface area (Å²) >= 11 is 0. The van der Waals surface area contributed by atoms with Gasteiger partial charge in [0.2, 0.25) is 11.8 Å². The number of carbonyl (C=O) groups is 2. The lowest BCUT2D eigenvalue weighted by Crippen LogP contribution is -2.47. The van der Waals surface area contributed by atoms with Gasteiger partial charge in [0.1, 0.15) is 0 Å². The van der Waals surface area contributed by atoms with Crippen LogP contribution in [0.3, 0.4) is 0 Å². The number of amides is 2. The molecule has 1 aliphatic heterocycles. The number of rotatable bonds is 6. The van der Waals surface area contributed by atoms with Crippen LogP contribution < -0.4 is 5.32 Å². The van der Waals surface area contributed by atoms with Crippen molar-refractivity contribution in [3.63, 3.8) is 0 Å². The number of nitrogens with zero attached hydrogens (tertiary/aromatic N) is 2. The normalized spacial score (nSPS) is 22.0. The zero-order valence-corrected chi connectivity index (χ0v) is 15.0. The van der Waals surface area contributed by atoms with E-state index in [-0.39, 0.29) is 17.7 Å². The summed E-state index contributed by atoms with van der Waals surface area (Å²) in [5.74, 6) is 0.885. The zero-order valence-electron chi connectivity index (χ0n) is 15.0. The molecule has 25 heavy (non-hydrogen) atoms. The first-order valence-electron chi connectivity index (χ1n) is 9.67. The third kappa shape index (κ3) is 5.28. The van der Waals surface area contributed by atoms with Crippen molar-refractivity contribution in [2.24, 2.45) is 11.8 Å². The van der Waals surface area contributed by atoms with E-state index >= 15 is 0 Å². The van der Waals surface area contributed by atoms with E-state index in [9.17, 15) is 9.59 Å². The van der Waals surface area contributed by atoms with E-state index < -0.39 is 0 Å². The highest BCUT2D eigenvalue weighted by Gasteiger charge is 2.31. The first-order valence-corrected chi connectivity index (χ1v) is 9.67. The third-order valence-electron chi connectivity index (χ3n) is 5.51. The number of nitrogens with one attached hydrogen (secondary N) is 1. The second kappa shape index (κ2) is 8.97. The minimum Gasteiger partial charge on any atom is -0.355 e. The highest BCUT2D eigenvalue weighted by atomic mass is 16.2. The smallest absolute Gasteiger partial charge is 0.224 e. The van der Waals surface area contributed by atoms with E-state index in [4.69, 9.17) is 0 Å². The first kappa shape index (κ1) is 17.9. The molecule has 0 spiro atoms. The highest BCUT2D eigenvalue weighted by molar-refractivity contribution is 5.83. The summed E-state index contributed by atoms with van der Waals surface area (Å²) in [6.45, 7) is 2.06. The second-order valence-corrected chi connectivity index (χ2v) is 7.44. The summed E-state index contributed by atoms with van der Waals surface area (Å²) in [5, 5.41) is 3.04. The molecule has 2 aliphatic rings. The maximum Gasteiger partial charge on any atom is 0.224 e. The van der Waals surface area contributed by atoms with Crippen LogP contribution in [0.1, 0.15) is 50.5 Å². The average molecular weight is 343 g/mol. The Hall–Kier alpha value is -1.91. The fraction of sp³-hybridized carbons (Fsp3) is 0.650. The molecule has 1 atom stereocenters. The van der Waals surface area contributed by atoms with Gasteiger partial charge < -0.3 is 10.2 Å². The lowest BCUT2D eigenvalue weighted by molar-refractivity contribution is -0.139. The van der Waals surface area contributed by atoms with Crippen LogP contribution in [0.5, 0.6) is 0 Å². The minimum atomic E-state index is -0.0600. The second-order valence-electron chi connectivity index (χ2n) is 7.44. The van der Waals surface area contributed by atoms with Crippen molar-refractivity contribution in [2.75, 3.05) is 19.6 Å². The molecule has 136 valence electrons. The number of hydrogen-bond donors (Lipinski definition) is 1. The summed E-state index contributed by atoms with van der Waals surface area (Å²) in [6, 6.07) is 3.93. The van der Waals surface area contributed by atoms with Crippen LogP contribution in [-0.2, 0) is 16.0 Å². The fourth-order valence-electron chi connectivity index (χ4n) is 4.01. The van der Waals surface area contributed by atoms with Crippen molar-refractivity contribution in [1.29, 1.82) is 0 Å². The molecule has 0 aromatic carbocycles. The van der Waals surface area contributed by atoms with Gasteiger partial charge in [0.25, 0.3) is 0 Å². The van der Waals surface area contributed by atoms with Crippen LogP contribution in [0.15, 0.2) is 24.5 Å². The Labute approximate surface area is 150 Å². The predicted octanol–water partition coefficient (Wildman–Crippen LogP) is 2.56. The summed E-state index contributed by atoms with van der Waals surface area (Å²) in [5.41, 5.74) is 1.13. The Bertz CT molecular complexity index is 570. The van der Waals surface area contributed by atoms with Gasteiger partial charge >= 0.3 is 0 Å². The molecule has 1 saturated heterocycles. The molecule has 5 heteroatoms. The molecule has 1 aromatic heterocycles. The monoisotopic (exact) mass is 343 g/mol. The summed E-state index contributed by atoms with van der Waals surface area (Å²) < 4.78 is 0. The van der Waals surface area contributed by atoms with Crippen LogP contribution >= 0.6 is 0 Å². The van der Waals surface area contributed by atoms with Gasteiger partial charge in [0, 0.05) is 38.4 Å². The molecular weight excluding hydrogens is 314 g/mol. The molecular formula is C20H29N3O2. The molecule has 1 aromatic rings. The van der Waals surface area contributed by atoms with Gasteiger partial charge in [-0.3, -0.25) is 14.6 Å². The summed E-state index contributed by atoms with van der Waals surface area (Å²) in [6.07, 6.45) is 11.9. The Morgan fingerprint density at radius 1 is 1.24 bits per heavy atom. The number of piperidine rings is 1. The minimum absolute atomic E-state index is 0.0600. The van der Waals surface area contributed by atoms with E-state index in [1.54, 1.807) is 6.20 Å². The number of hydrogen-bond acceptors (Lipinski definition) is 3. The lowest BCUT2D eigenvalue weighted by atomic mass is 9.87. The van der Waals surface area contributed by atoms with Crippen molar-refractivity contribution in [1.82, 2.24) is 15.2 Å². The molecule has 0 bridgehead atoms. The van der Waals surface area contributed by atoms with E-state index in [0.717, 1.165) is 18.5 Å². The quantitative estimate of drug-likeness (QED) is 0.863. The Morgan fingerprint density at radius 3 is 2.84 bits per heavy atom. The lowest BCUT2D eigenvalue weighted by Gasteiger charge is -2.35. The number of likely N-dealkylation sites (tertiary alicyclic amines) is 1. The fourth-order valence-corrected chi connectivity index (χ4v) is 4.01. The molecule has 0 radical (unpaired) electrons. The van der Waals surface area contributed by atoms with E-state index in [1.165, 1.54) is 32.1 Å². The maximum atomic E-state index is 12.5. The standard InChI is InChI=1S/C20H29N3O2/c24-19-9-8-18(15-23(19)14-17-5-2-1-3-6-17)20(25)22-12-10-16-7-4-11-21-13-16/h4,7,11,13,17-18H,1-3,5-6,8-10,12,14-15H2,(H,22,25)/t18-/m0/s1. The molecule has 2 heterocycles. The van der Waals surface area contributed by atoms with Crippen molar-refractivity contribution < 1.29 is 9.59 Å². The Kier molecular flexibility index (Phi) is 6.42. The Morgan fingerprint density at radius 2 is 2.08 bits per heavy atom. The summed E-state index contributed by atoms with van der Waals surface area (Å²) in [4.78, 5) is 30.7. The van der Waals surface area contributed by atoms with Crippen LogP contribution in [0.2, 0.25) is 0 Å².